The maximum atomic E-state index is 15.0. The normalized spacial score (nSPS) is 25.4. The first-order valence-electron chi connectivity index (χ1n) is 14.1. The summed E-state index contributed by atoms with van der Waals surface area (Å²) in [5.41, 5.74) is 5.08. The average molecular weight is 465 g/mol. The molecule has 1 saturated heterocycles. The summed E-state index contributed by atoms with van der Waals surface area (Å²) in [6, 6.07) is 12.8. The number of halogens is 1. The van der Waals surface area contributed by atoms with Crippen LogP contribution < -0.4 is 0 Å². The predicted molar refractivity (Wildman–Crippen MR) is 142 cm³/mol. The van der Waals surface area contributed by atoms with E-state index in [1.807, 2.05) is 13.0 Å². The number of benzene rings is 2. The molecule has 186 valence electrons. The van der Waals surface area contributed by atoms with Crippen LogP contribution in [0.5, 0.6) is 0 Å². The Morgan fingerprint density at radius 3 is 2.26 bits per heavy atom. The molecule has 1 saturated carbocycles. The minimum Gasteiger partial charge on any atom is -0.378 e. The fourth-order valence-corrected chi connectivity index (χ4v) is 6.36. The van der Waals surface area contributed by atoms with Gasteiger partial charge < -0.3 is 4.74 Å². The highest BCUT2D eigenvalue weighted by atomic mass is 19.1. The van der Waals surface area contributed by atoms with Crippen LogP contribution in [0, 0.1) is 24.6 Å². The lowest BCUT2D eigenvalue weighted by Gasteiger charge is -2.38. The molecule has 1 aliphatic carbocycles. The second kappa shape index (κ2) is 12.3. The highest BCUT2D eigenvalue weighted by molar-refractivity contribution is 5.66. The van der Waals surface area contributed by atoms with Gasteiger partial charge in [0.25, 0.3) is 0 Å². The molecule has 2 heteroatoms. The summed E-state index contributed by atoms with van der Waals surface area (Å²) in [6.07, 6.45) is 15.6. The van der Waals surface area contributed by atoms with Gasteiger partial charge >= 0.3 is 0 Å². The SMILES string of the molecule is CCCCCC1CCC(C2CCC(c3ccc(-c4ccc(CCC)c(C)c4F)cc3)CC2)OC1. The number of rotatable bonds is 9. The van der Waals surface area contributed by atoms with Crippen molar-refractivity contribution in [1.29, 1.82) is 0 Å². The lowest BCUT2D eigenvalue weighted by molar-refractivity contribution is -0.0578. The molecule has 1 nitrogen and oxygen atoms in total. The molecule has 2 fully saturated rings. The fourth-order valence-electron chi connectivity index (χ4n) is 6.36. The van der Waals surface area contributed by atoms with Crippen molar-refractivity contribution < 1.29 is 9.13 Å². The molecule has 0 N–H and O–H groups in total. The first-order valence-corrected chi connectivity index (χ1v) is 14.1. The molecule has 0 amide bonds. The largest absolute Gasteiger partial charge is 0.378 e. The van der Waals surface area contributed by atoms with E-state index in [-0.39, 0.29) is 5.82 Å². The molecule has 2 aromatic rings. The molecule has 0 radical (unpaired) electrons. The second-order valence-corrected chi connectivity index (χ2v) is 11.0. The lowest BCUT2D eigenvalue weighted by atomic mass is 9.75. The summed E-state index contributed by atoms with van der Waals surface area (Å²) < 4.78 is 21.4. The number of hydrogen-bond acceptors (Lipinski definition) is 1. The van der Waals surface area contributed by atoms with Gasteiger partial charge in [0.15, 0.2) is 0 Å². The highest BCUT2D eigenvalue weighted by Crippen LogP contribution is 2.41. The number of aryl methyl sites for hydroxylation is 1. The molecule has 0 spiro atoms. The van der Waals surface area contributed by atoms with Crippen LogP contribution in [0.25, 0.3) is 11.1 Å². The molecule has 1 aliphatic heterocycles. The minimum atomic E-state index is -0.0562. The van der Waals surface area contributed by atoms with Gasteiger partial charge in [-0.3, -0.25) is 0 Å². The van der Waals surface area contributed by atoms with Crippen molar-refractivity contribution in [2.75, 3.05) is 6.61 Å². The average Bonchev–Trinajstić information content (AvgIpc) is 2.88. The van der Waals surface area contributed by atoms with Crippen molar-refractivity contribution in [2.45, 2.75) is 110 Å². The third-order valence-corrected chi connectivity index (χ3v) is 8.63. The summed E-state index contributed by atoms with van der Waals surface area (Å²) in [7, 11) is 0. The van der Waals surface area contributed by atoms with E-state index < -0.39 is 0 Å². The van der Waals surface area contributed by atoms with Crippen LogP contribution in [0.3, 0.4) is 0 Å². The Balaban J connectivity index is 1.29. The van der Waals surface area contributed by atoms with Gasteiger partial charge in [-0.25, -0.2) is 4.39 Å². The minimum absolute atomic E-state index is 0.0562. The smallest absolute Gasteiger partial charge is 0.134 e. The topological polar surface area (TPSA) is 9.23 Å². The first-order chi connectivity index (χ1) is 16.6. The molecule has 1 heterocycles. The van der Waals surface area contributed by atoms with Crippen LogP contribution in [0.4, 0.5) is 4.39 Å². The molecule has 2 aromatic carbocycles. The Labute approximate surface area is 207 Å². The van der Waals surface area contributed by atoms with Crippen LogP contribution in [0.15, 0.2) is 36.4 Å². The number of ether oxygens (including phenoxy) is 1. The molecule has 0 aromatic heterocycles. The third kappa shape index (κ3) is 6.11. The quantitative estimate of drug-likeness (QED) is 0.336. The molecule has 2 aliphatic rings. The molecule has 4 rings (SSSR count). The monoisotopic (exact) mass is 464 g/mol. The summed E-state index contributed by atoms with van der Waals surface area (Å²) >= 11 is 0. The molecule has 2 unspecified atom stereocenters. The van der Waals surface area contributed by atoms with Crippen molar-refractivity contribution in [2.24, 2.45) is 11.8 Å². The van der Waals surface area contributed by atoms with Crippen molar-refractivity contribution in [3.8, 4) is 11.1 Å². The Kier molecular flexibility index (Phi) is 9.23. The Bertz CT molecular complexity index is 886. The van der Waals surface area contributed by atoms with Crippen molar-refractivity contribution >= 4 is 0 Å². The lowest BCUT2D eigenvalue weighted by Crippen LogP contribution is -2.34. The van der Waals surface area contributed by atoms with Crippen LogP contribution >= 0.6 is 0 Å². The zero-order valence-electron chi connectivity index (χ0n) is 21.8. The third-order valence-electron chi connectivity index (χ3n) is 8.63. The van der Waals surface area contributed by atoms with Gasteiger partial charge in [-0.15, -0.1) is 0 Å². The van der Waals surface area contributed by atoms with Crippen LogP contribution in [-0.4, -0.2) is 12.7 Å². The van der Waals surface area contributed by atoms with Gasteiger partial charge in [0, 0.05) is 12.2 Å². The van der Waals surface area contributed by atoms with E-state index in [1.54, 1.807) is 0 Å². The maximum Gasteiger partial charge on any atom is 0.134 e. The highest BCUT2D eigenvalue weighted by Gasteiger charge is 2.32. The van der Waals surface area contributed by atoms with Gasteiger partial charge in [0.1, 0.15) is 5.82 Å². The summed E-state index contributed by atoms with van der Waals surface area (Å²) in [6.45, 7) is 7.33. The standard InChI is InChI=1S/C32H45FO/c1-4-6-7-9-24-10-21-31(34-22-24)29-17-13-27(14-18-29)26-11-15-28(16-12-26)30-20-19-25(8-5-2)23(3)32(30)33/h11-12,15-16,19-20,24,27,29,31H,4-10,13-14,17-18,21-22H2,1-3H3. The number of unbranched alkanes of at least 4 members (excludes halogenated alkanes) is 2. The number of hydrogen-bond donors (Lipinski definition) is 0. The van der Waals surface area contributed by atoms with Crippen molar-refractivity contribution in [3.63, 3.8) is 0 Å². The Hall–Kier alpha value is -1.67. The molecule has 2 atom stereocenters. The molecular formula is C32H45FO. The van der Waals surface area contributed by atoms with E-state index >= 15 is 4.39 Å². The van der Waals surface area contributed by atoms with Gasteiger partial charge in [0.05, 0.1) is 6.10 Å². The summed E-state index contributed by atoms with van der Waals surface area (Å²) in [5.74, 6) is 2.12. The molecular weight excluding hydrogens is 419 g/mol. The van der Waals surface area contributed by atoms with Gasteiger partial charge in [0.2, 0.25) is 0 Å². The summed E-state index contributed by atoms with van der Waals surface area (Å²) in [4.78, 5) is 0. The van der Waals surface area contributed by atoms with Gasteiger partial charge in [-0.05, 0) is 98.3 Å². The van der Waals surface area contributed by atoms with Crippen LogP contribution in [0.2, 0.25) is 0 Å². The van der Waals surface area contributed by atoms with Crippen molar-refractivity contribution in [3.05, 3.63) is 58.9 Å². The Morgan fingerprint density at radius 2 is 1.62 bits per heavy atom. The summed E-state index contributed by atoms with van der Waals surface area (Å²) in [5, 5.41) is 0. The Morgan fingerprint density at radius 1 is 0.853 bits per heavy atom. The van der Waals surface area contributed by atoms with E-state index in [0.717, 1.165) is 53.5 Å². The van der Waals surface area contributed by atoms with Crippen LogP contribution in [-0.2, 0) is 11.2 Å². The zero-order valence-corrected chi connectivity index (χ0v) is 21.8. The van der Waals surface area contributed by atoms with Crippen molar-refractivity contribution in [1.82, 2.24) is 0 Å². The van der Waals surface area contributed by atoms with E-state index in [4.69, 9.17) is 4.74 Å². The van der Waals surface area contributed by atoms with Crippen LogP contribution in [0.1, 0.15) is 107 Å². The first kappa shape index (κ1) is 25.4. The maximum absolute atomic E-state index is 15.0. The van der Waals surface area contributed by atoms with E-state index in [2.05, 4.69) is 44.2 Å². The van der Waals surface area contributed by atoms with E-state index in [1.165, 1.54) is 69.8 Å². The second-order valence-electron chi connectivity index (χ2n) is 11.0. The van der Waals surface area contributed by atoms with E-state index in [0.29, 0.717) is 12.0 Å². The fraction of sp³-hybridized carbons (Fsp3) is 0.625. The molecule has 0 bridgehead atoms. The molecule has 34 heavy (non-hydrogen) atoms. The zero-order chi connectivity index (χ0) is 23.9. The van der Waals surface area contributed by atoms with Gasteiger partial charge in [-0.2, -0.15) is 0 Å². The van der Waals surface area contributed by atoms with E-state index in [9.17, 15) is 0 Å². The van der Waals surface area contributed by atoms with Gasteiger partial charge in [-0.1, -0.05) is 75.9 Å². The predicted octanol–water partition coefficient (Wildman–Crippen LogP) is 9.40.